The highest BCUT2D eigenvalue weighted by molar-refractivity contribution is 5.94. The summed E-state index contributed by atoms with van der Waals surface area (Å²) in [6.07, 6.45) is -0.588. The second kappa shape index (κ2) is 6.55. The molecule has 20 heavy (non-hydrogen) atoms. The van der Waals surface area contributed by atoms with E-state index in [2.05, 4.69) is 0 Å². The molecule has 0 amide bonds. The Morgan fingerprint density at radius 3 is 1.90 bits per heavy atom. The predicted molar refractivity (Wildman–Crippen MR) is 66.7 cm³/mol. The van der Waals surface area contributed by atoms with Crippen molar-refractivity contribution in [1.29, 1.82) is 0 Å². The van der Waals surface area contributed by atoms with Gasteiger partial charge in [0, 0.05) is 5.92 Å². The minimum Gasteiger partial charge on any atom is -0.497 e. The molecule has 0 aliphatic rings. The Morgan fingerprint density at radius 1 is 1.05 bits per heavy atom. The molecule has 1 unspecified atom stereocenters. The van der Waals surface area contributed by atoms with Crippen LogP contribution in [0.1, 0.15) is 17.9 Å². The fourth-order valence-corrected chi connectivity index (χ4v) is 1.92. The summed E-state index contributed by atoms with van der Waals surface area (Å²) in [6, 6.07) is 5.96. The van der Waals surface area contributed by atoms with Gasteiger partial charge in [-0.05, 0) is 17.7 Å². The van der Waals surface area contributed by atoms with Gasteiger partial charge in [0.05, 0.1) is 13.5 Å². The van der Waals surface area contributed by atoms with Gasteiger partial charge < -0.3 is 20.1 Å². The molecule has 0 spiro atoms. The molecule has 0 bridgehead atoms. The first-order valence-electron chi connectivity index (χ1n) is 5.68. The standard InChI is InChI=1S/C13H14O7/c1-20-8-4-2-7(3-5-8)9(6-10(14)15)11(12(16)17)13(18)19/h2-5,9,11H,6H2,1H3,(H,14,15)(H,16,17)(H,18,19). The number of hydrogen-bond donors (Lipinski definition) is 3. The summed E-state index contributed by atoms with van der Waals surface area (Å²) >= 11 is 0. The van der Waals surface area contributed by atoms with Crippen molar-refractivity contribution in [3.63, 3.8) is 0 Å². The minimum atomic E-state index is -1.82. The van der Waals surface area contributed by atoms with Crippen molar-refractivity contribution in [3.8, 4) is 5.75 Å². The molecule has 1 rings (SSSR count). The average molecular weight is 282 g/mol. The quantitative estimate of drug-likeness (QED) is 0.639. The first-order chi connectivity index (χ1) is 9.36. The summed E-state index contributed by atoms with van der Waals surface area (Å²) in [6.45, 7) is 0. The maximum atomic E-state index is 11.1. The summed E-state index contributed by atoms with van der Waals surface area (Å²) in [5.41, 5.74) is 0.322. The number of carbonyl (C=O) groups is 3. The van der Waals surface area contributed by atoms with Crippen LogP contribution in [0.2, 0.25) is 0 Å². The number of ether oxygens (including phenoxy) is 1. The zero-order valence-electron chi connectivity index (χ0n) is 10.6. The van der Waals surface area contributed by atoms with Gasteiger partial charge in [0.2, 0.25) is 0 Å². The molecule has 1 aromatic carbocycles. The maximum Gasteiger partial charge on any atom is 0.318 e. The number of benzene rings is 1. The van der Waals surface area contributed by atoms with E-state index in [1.54, 1.807) is 0 Å². The van der Waals surface area contributed by atoms with E-state index < -0.39 is 36.2 Å². The van der Waals surface area contributed by atoms with Crippen LogP contribution in [-0.2, 0) is 14.4 Å². The van der Waals surface area contributed by atoms with Crippen LogP contribution >= 0.6 is 0 Å². The molecule has 108 valence electrons. The molecule has 1 atom stereocenters. The second-order valence-corrected chi connectivity index (χ2v) is 4.13. The summed E-state index contributed by atoms with van der Waals surface area (Å²) in [4.78, 5) is 33.0. The summed E-state index contributed by atoms with van der Waals surface area (Å²) < 4.78 is 4.94. The first-order valence-corrected chi connectivity index (χ1v) is 5.68. The van der Waals surface area contributed by atoms with Crippen LogP contribution in [0, 0.1) is 5.92 Å². The third-order valence-corrected chi connectivity index (χ3v) is 2.87. The highest BCUT2D eigenvalue weighted by Gasteiger charge is 2.37. The van der Waals surface area contributed by atoms with Crippen molar-refractivity contribution < 1.29 is 34.4 Å². The van der Waals surface area contributed by atoms with Gasteiger partial charge in [0.1, 0.15) is 5.75 Å². The van der Waals surface area contributed by atoms with Crippen molar-refractivity contribution in [3.05, 3.63) is 29.8 Å². The number of carboxylic acids is 3. The van der Waals surface area contributed by atoms with E-state index in [9.17, 15) is 14.4 Å². The minimum absolute atomic E-state index is 0.322. The van der Waals surface area contributed by atoms with Crippen LogP contribution in [0.15, 0.2) is 24.3 Å². The lowest BCUT2D eigenvalue weighted by molar-refractivity contribution is -0.156. The monoisotopic (exact) mass is 282 g/mol. The Morgan fingerprint density at radius 2 is 1.55 bits per heavy atom. The van der Waals surface area contributed by atoms with Crippen molar-refractivity contribution in [2.75, 3.05) is 7.11 Å². The molecular weight excluding hydrogens is 268 g/mol. The first kappa shape index (κ1) is 15.5. The highest BCUT2D eigenvalue weighted by Crippen LogP contribution is 2.30. The summed E-state index contributed by atoms with van der Waals surface area (Å²) in [5.74, 6) is -6.88. The smallest absolute Gasteiger partial charge is 0.318 e. The molecule has 1 aromatic rings. The zero-order valence-corrected chi connectivity index (χ0v) is 10.6. The molecule has 0 fully saturated rings. The Hall–Kier alpha value is -2.57. The third-order valence-electron chi connectivity index (χ3n) is 2.87. The van der Waals surface area contributed by atoms with E-state index in [0.717, 1.165) is 0 Å². The Labute approximate surface area is 114 Å². The van der Waals surface area contributed by atoms with E-state index in [4.69, 9.17) is 20.1 Å². The second-order valence-electron chi connectivity index (χ2n) is 4.13. The molecule has 7 nitrogen and oxygen atoms in total. The maximum absolute atomic E-state index is 11.1. The molecule has 0 heterocycles. The lowest BCUT2D eigenvalue weighted by atomic mass is 9.83. The molecular formula is C13H14O7. The van der Waals surface area contributed by atoms with E-state index in [1.807, 2.05) is 0 Å². The Balaban J connectivity index is 3.18. The molecule has 3 N–H and O–H groups in total. The summed E-state index contributed by atoms with van der Waals surface area (Å²) in [7, 11) is 1.45. The molecule has 0 aliphatic carbocycles. The molecule has 0 aromatic heterocycles. The van der Waals surface area contributed by atoms with E-state index >= 15 is 0 Å². The highest BCUT2D eigenvalue weighted by atomic mass is 16.5. The molecule has 0 saturated carbocycles. The lowest BCUT2D eigenvalue weighted by Crippen LogP contribution is -2.31. The average Bonchev–Trinajstić information content (AvgIpc) is 2.36. The number of hydrogen-bond acceptors (Lipinski definition) is 4. The van der Waals surface area contributed by atoms with Gasteiger partial charge in [-0.15, -0.1) is 0 Å². The van der Waals surface area contributed by atoms with Crippen LogP contribution in [0.5, 0.6) is 5.75 Å². The van der Waals surface area contributed by atoms with Gasteiger partial charge in [-0.1, -0.05) is 12.1 Å². The van der Waals surface area contributed by atoms with Crippen molar-refractivity contribution in [1.82, 2.24) is 0 Å². The molecule has 0 aliphatic heterocycles. The molecule has 0 radical (unpaired) electrons. The van der Waals surface area contributed by atoms with Crippen LogP contribution in [-0.4, -0.2) is 40.3 Å². The topological polar surface area (TPSA) is 121 Å². The zero-order chi connectivity index (χ0) is 15.3. The van der Waals surface area contributed by atoms with Gasteiger partial charge >= 0.3 is 17.9 Å². The normalized spacial score (nSPS) is 11.9. The largest absolute Gasteiger partial charge is 0.497 e. The van der Waals surface area contributed by atoms with Gasteiger partial charge in [-0.2, -0.15) is 0 Å². The number of carboxylic acid groups (broad SMARTS) is 3. The predicted octanol–water partition coefficient (Wildman–Crippen LogP) is 1.04. The number of rotatable bonds is 7. The molecule has 0 saturated heterocycles. The van der Waals surface area contributed by atoms with Gasteiger partial charge in [-0.3, -0.25) is 14.4 Å². The van der Waals surface area contributed by atoms with Crippen LogP contribution in [0.25, 0.3) is 0 Å². The fraction of sp³-hybridized carbons (Fsp3) is 0.308. The van der Waals surface area contributed by atoms with Crippen molar-refractivity contribution >= 4 is 17.9 Å². The Kier molecular flexibility index (Phi) is 5.08. The van der Waals surface area contributed by atoms with E-state index in [-0.39, 0.29) is 0 Å². The van der Waals surface area contributed by atoms with Crippen molar-refractivity contribution in [2.45, 2.75) is 12.3 Å². The van der Waals surface area contributed by atoms with E-state index in [1.165, 1.54) is 31.4 Å². The number of aliphatic carboxylic acids is 3. The van der Waals surface area contributed by atoms with Gasteiger partial charge in [-0.25, -0.2) is 0 Å². The van der Waals surface area contributed by atoms with Crippen molar-refractivity contribution in [2.24, 2.45) is 5.92 Å². The van der Waals surface area contributed by atoms with Crippen LogP contribution in [0.3, 0.4) is 0 Å². The van der Waals surface area contributed by atoms with E-state index in [0.29, 0.717) is 11.3 Å². The Bertz CT molecular complexity index is 492. The fourth-order valence-electron chi connectivity index (χ4n) is 1.92. The van der Waals surface area contributed by atoms with Crippen LogP contribution in [0.4, 0.5) is 0 Å². The lowest BCUT2D eigenvalue weighted by Gasteiger charge is -2.20. The van der Waals surface area contributed by atoms with Gasteiger partial charge in [0.25, 0.3) is 0 Å². The summed E-state index contributed by atoms with van der Waals surface area (Å²) in [5, 5.41) is 26.8. The van der Waals surface area contributed by atoms with Crippen LogP contribution < -0.4 is 4.74 Å². The molecule has 7 heteroatoms. The number of methoxy groups -OCH3 is 1. The van der Waals surface area contributed by atoms with Gasteiger partial charge in [0.15, 0.2) is 5.92 Å². The SMILES string of the molecule is COc1ccc(C(CC(=O)O)C(C(=O)O)C(=O)O)cc1. The third kappa shape index (κ3) is 3.71.